The summed E-state index contributed by atoms with van der Waals surface area (Å²) in [4.78, 5) is 13.2. The molecule has 1 N–H and O–H groups in total. The van der Waals surface area contributed by atoms with E-state index in [1.165, 1.54) is 9.87 Å². The van der Waals surface area contributed by atoms with Gasteiger partial charge in [0.25, 0.3) is 15.9 Å². The number of hydrogen-bond acceptors (Lipinski definition) is 4. The number of benzene rings is 4. The molecule has 6 rings (SSSR count). The van der Waals surface area contributed by atoms with E-state index in [1.54, 1.807) is 48.5 Å². The third kappa shape index (κ3) is 4.47. The Balaban J connectivity index is 1.31. The number of fused-ring (bicyclic) bond motifs is 1. The summed E-state index contributed by atoms with van der Waals surface area (Å²) in [6.07, 6.45) is 0.902. The number of hydrogen-bond donors (Lipinski definition) is 1. The van der Waals surface area contributed by atoms with E-state index >= 15 is 0 Å². The van der Waals surface area contributed by atoms with Crippen LogP contribution in [0.15, 0.2) is 114 Å². The minimum atomic E-state index is -3.90. The molecule has 4 aromatic rings. The zero-order valence-electron chi connectivity index (χ0n) is 20.0. The lowest BCUT2D eigenvalue weighted by Gasteiger charge is -2.38. The van der Waals surface area contributed by atoms with Gasteiger partial charge in [-0.3, -0.25) is 9.10 Å². The Bertz CT molecular complexity index is 1530. The number of sulfonamides is 1. The first kappa shape index (κ1) is 23.3. The van der Waals surface area contributed by atoms with Crippen LogP contribution in [0.1, 0.15) is 39.9 Å². The van der Waals surface area contributed by atoms with Crippen molar-refractivity contribution in [3.05, 3.63) is 126 Å². The summed E-state index contributed by atoms with van der Waals surface area (Å²) >= 11 is 0. The van der Waals surface area contributed by atoms with Crippen molar-refractivity contribution in [2.75, 3.05) is 10.9 Å². The fraction of sp³-hybridized carbons (Fsp3) is 0.167. The summed E-state index contributed by atoms with van der Waals surface area (Å²) in [6.45, 7) is 0.132. The van der Waals surface area contributed by atoms with Gasteiger partial charge in [0.1, 0.15) is 18.4 Å². The minimum absolute atomic E-state index is 0.0873. The molecule has 186 valence electrons. The quantitative estimate of drug-likeness (QED) is 0.382. The van der Waals surface area contributed by atoms with Gasteiger partial charge in [0.05, 0.1) is 10.6 Å². The normalized spacial score (nSPS) is 20.4. The van der Waals surface area contributed by atoms with Crippen LogP contribution >= 0.6 is 0 Å². The second kappa shape index (κ2) is 9.41. The highest BCUT2D eigenvalue weighted by molar-refractivity contribution is 7.92. The van der Waals surface area contributed by atoms with Crippen LogP contribution in [0.3, 0.4) is 0 Å². The number of rotatable bonds is 6. The van der Waals surface area contributed by atoms with Crippen molar-refractivity contribution in [2.24, 2.45) is 0 Å². The first-order valence-electron chi connectivity index (χ1n) is 12.3. The highest BCUT2D eigenvalue weighted by Crippen LogP contribution is 2.44. The number of carbonyl (C=O) groups is 1. The molecule has 7 heteroatoms. The van der Waals surface area contributed by atoms with Gasteiger partial charge in [-0.05, 0) is 47.9 Å². The summed E-state index contributed by atoms with van der Waals surface area (Å²) in [6, 6.07) is 32.5. The molecule has 0 saturated heterocycles. The molecule has 3 atom stereocenters. The first-order valence-corrected chi connectivity index (χ1v) is 13.7. The van der Waals surface area contributed by atoms with E-state index in [1.807, 2.05) is 48.5 Å². The van der Waals surface area contributed by atoms with Crippen LogP contribution in [0.2, 0.25) is 0 Å². The average molecular weight is 511 g/mol. The van der Waals surface area contributed by atoms with E-state index in [9.17, 15) is 13.2 Å². The third-order valence-electron chi connectivity index (χ3n) is 6.96. The summed E-state index contributed by atoms with van der Waals surface area (Å²) < 4.78 is 35.2. The molecule has 0 spiro atoms. The second-order valence-electron chi connectivity index (χ2n) is 9.37. The fourth-order valence-electron chi connectivity index (χ4n) is 4.94. The molecule has 2 aliphatic rings. The molecule has 3 unspecified atom stereocenters. The maximum Gasteiger partial charge on any atom is 0.265 e. The van der Waals surface area contributed by atoms with Gasteiger partial charge in [-0.15, -0.1) is 0 Å². The van der Waals surface area contributed by atoms with Gasteiger partial charge in [0.2, 0.25) is 0 Å². The van der Waals surface area contributed by atoms with Gasteiger partial charge < -0.3 is 10.1 Å². The Labute approximate surface area is 216 Å². The largest absolute Gasteiger partial charge is 0.489 e. The summed E-state index contributed by atoms with van der Waals surface area (Å²) in [5.41, 5.74) is 2.90. The highest BCUT2D eigenvalue weighted by Gasteiger charge is 2.41. The maximum atomic E-state index is 13.9. The maximum absolute atomic E-state index is 13.9. The Morgan fingerprint density at radius 3 is 2.11 bits per heavy atom. The molecule has 37 heavy (non-hydrogen) atoms. The van der Waals surface area contributed by atoms with Crippen LogP contribution in [0.5, 0.6) is 5.75 Å². The molecular formula is C30H26N2O4S. The number of amides is 1. The van der Waals surface area contributed by atoms with Gasteiger partial charge in [0, 0.05) is 17.5 Å². The SMILES string of the molecule is O=C(NC1CC1c1ccccc1)c1ccc2c(c1)OCC(c1ccccc1)N2S(=O)(=O)c1ccccc1. The lowest BCUT2D eigenvalue weighted by atomic mass is 10.0. The highest BCUT2D eigenvalue weighted by atomic mass is 32.2. The predicted molar refractivity (Wildman–Crippen MR) is 142 cm³/mol. The second-order valence-corrected chi connectivity index (χ2v) is 11.2. The van der Waals surface area contributed by atoms with Crippen molar-refractivity contribution in [1.82, 2.24) is 5.32 Å². The van der Waals surface area contributed by atoms with Crippen molar-refractivity contribution >= 4 is 21.6 Å². The Kier molecular flexibility index (Phi) is 5.93. The fourth-order valence-corrected chi connectivity index (χ4v) is 6.60. The van der Waals surface area contributed by atoms with E-state index in [2.05, 4.69) is 17.4 Å². The molecule has 1 aliphatic heterocycles. The van der Waals surface area contributed by atoms with Gasteiger partial charge in [-0.1, -0.05) is 78.9 Å². The lowest BCUT2D eigenvalue weighted by molar-refractivity contribution is 0.0949. The topological polar surface area (TPSA) is 75.7 Å². The van der Waals surface area contributed by atoms with Crippen molar-refractivity contribution in [3.8, 4) is 5.75 Å². The Morgan fingerprint density at radius 1 is 0.811 bits per heavy atom. The van der Waals surface area contributed by atoms with E-state index in [0.717, 1.165) is 12.0 Å². The lowest BCUT2D eigenvalue weighted by Crippen LogP contribution is -2.41. The van der Waals surface area contributed by atoms with E-state index in [-0.39, 0.29) is 23.5 Å². The molecule has 1 fully saturated rings. The number of carbonyl (C=O) groups excluding carboxylic acids is 1. The standard InChI is InChI=1S/C30H26N2O4S/c33-30(31-26-19-25(26)21-10-4-1-5-11-21)23-16-17-27-29(18-23)36-20-28(22-12-6-2-7-13-22)32(27)37(34,35)24-14-8-3-9-15-24/h1-18,25-26,28H,19-20H2,(H,31,33). The zero-order valence-corrected chi connectivity index (χ0v) is 20.8. The van der Waals surface area contributed by atoms with E-state index in [0.29, 0.717) is 22.9 Å². The van der Waals surface area contributed by atoms with E-state index < -0.39 is 16.1 Å². The average Bonchev–Trinajstić information content (AvgIpc) is 3.72. The summed E-state index contributed by atoms with van der Waals surface area (Å²) in [5, 5.41) is 3.10. The van der Waals surface area contributed by atoms with Gasteiger partial charge >= 0.3 is 0 Å². The number of nitrogens with zero attached hydrogens (tertiary/aromatic N) is 1. The van der Waals surface area contributed by atoms with Gasteiger partial charge in [-0.2, -0.15) is 0 Å². The summed E-state index contributed by atoms with van der Waals surface area (Å²) in [5.74, 6) is 0.490. The number of ether oxygens (including phenoxy) is 1. The predicted octanol–water partition coefficient (Wildman–Crippen LogP) is 5.30. The molecule has 0 bridgehead atoms. The van der Waals surface area contributed by atoms with Crippen molar-refractivity contribution in [1.29, 1.82) is 0 Å². The van der Waals surface area contributed by atoms with Crippen LogP contribution in [0.4, 0.5) is 5.69 Å². The van der Waals surface area contributed by atoms with Gasteiger partial charge in [-0.25, -0.2) is 8.42 Å². The van der Waals surface area contributed by atoms with Crippen molar-refractivity contribution in [2.45, 2.75) is 29.3 Å². The third-order valence-corrected chi connectivity index (χ3v) is 8.80. The molecule has 1 heterocycles. The van der Waals surface area contributed by atoms with E-state index in [4.69, 9.17) is 4.74 Å². The number of nitrogens with one attached hydrogen (secondary N) is 1. The van der Waals surface area contributed by atoms with Crippen LogP contribution in [-0.2, 0) is 10.0 Å². The molecule has 6 nitrogen and oxygen atoms in total. The molecular weight excluding hydrogens is 484 g/mol. The molecule has 1 amide bonds. The Morgan fingerprint density at radius 2 is 1.43 bits per heavy atom. The molecule has 1 aliphatic carbocycles. The minimum Gasteiger partial charge on any atom is -0.489 e. The van der Waals surface area contributed by atoms with Gasteiger partial charge in [0.15, 0.2) is 0 Å². The number of anilines is 1. The van der Waals surface area contributed by atoms with Crippen LogP contribution < -0.4 is 14.4 Å². The first-order chi connectivity index (χ1) is 18.0. The molecule has 1 saturated carbocycles. The monoisotopic (exact) mass is 510 g/mol. The molecule has 0 aromatic heterocycles. The van der Waals surface area contributed by atoms with Crippen LogP contribution in [0.25, 0.3) is 0 Å². The molecule has 4 aromatic carbocycles. The summed E-state index contributed by atoms with van der Waals surface area (Å²) in [7, 11) is -3.90. The molecule has 0 radical (unpaired) electrons. The van der Waals surface area contributed by atoms with Crippen LogP contribution in [-0.4, -0.2) is 27.0 Å². The smallest absolute Gasteiger partial charge is 0.265 e. The van der Waals surface area contributed by atoms with Crippen LogP contribution in [0, 0.1) is 0 Å². The zero-order chi connectivity index (χ0) is 25.4. The Hall–Kier alpha value is -4.10. The van der Waals surface area contributed by atoms with Crippen molar-refractivity contribution in [3.63, 3.8) is 0 Å². The van der Waals surface area contributed by atoms with Crippen molar-refractivity contribution < 1.29 is 17.9 Å².